The first kappa shape index (κ1) is 20.7. The molecule has 1 aromatic rings. The van der Waals surface area contributed by atoms with Crippen molar-refractivity contribution in [2.45, 2.75) is 46.1 Å². The predicted octanol–water partition coefficient (Wildman–Crippen LogP) is 1.78. The second-order valence-electron chi connectivity index (χ2n) is 6.79. The number of hydrogen-bond donors (Lipinski definition) is 2. The third kappa shape index (κ3) is 5.70. The van der Waals surface area contributed by atoms with Crippen LogP contribution in [0.1, 0.15) is 37.3 Å². The molecular weight excluding hydrogens is 346 g/mol. The summed E-state index contributed by atoms with van der Waals surface area (Å²) in [7, 11) is 0. The molecule has 148 valence electrons. The van der Waals surface area contributed by atoms with Gasteiger partial charge in [0.05, 0.1) is 19.6 Å². The monoisotopic (exact) mass is 375 g/mol. The zero-order chi connectivity index (χ0) is 19.8. The summed E-state index contributed by atoms with van der Waals surface area (Å²) in [5, 5.41) is 5.89. The predicted molar refractivity (Wildman–Crippen MR) is 103 cm³/mol. The standard InChI is InChI=1S/C20H29N3O4/c1-4-5-11-27-18(25)12-16-20(26)21-9-10-23(16)17(24)13-22-19-14(2)7-6-8-15(19)3/h6-8,16,22H,4-5,9-13H2,1-3H3,(H,21,26). The average Bonchev–Trinajstić information content (AvgIpc) is 2.63. The highest BCUT2D eigenvalue weighted by molar-refractivity contribution is 5.93. The minimum atomic E-state index is -0.819. The lowest BCUT2D eigenvalue weighted by atomic mass is 10.1. The molecular formula is C20H29N3O4. The number of aryl methyl sites for hydroxylation is 2. The summed E-state index contributed by atoms with van der Waals surface area (Å²) >= 11 is 0. The Hall–Kier alpha value is -2.57. The molecule has 1 unspecified atom stereocenters. The van der Waals surface area contributed by atoms with Crippen LogP contribution in [0.15, 0.2) is 18.2 Å². The summed E-state index contributed by atoms with van der Waals surface area (Å²) < 4.78 is 5.15. The number of hydrogen-bond acceptors (Lipinski definition) is 5. The minimum absolute atomic E-state index is 0.0698. The smallest absolute Gasteiger partial charge is 0.308 e. The molecule has 0 aliphatic carbocycles. The third-order valence-corrected chi connectivity index (χ3v) is 4.67. The number of amides is 2. The number of carbonyl (C=O) groups excluding carboxylic acids is 3. The molecule has 2 rings (SSSR count). The first-order valence-electron chi connectivity index (χ1n) is 9.47. The second kappa shape index (κ2) is 9.94. The van der Waals surface area contributed by atoms with Crippen molar-refractivity contribution in [2.75, 3.05) is 31.6 Å². The SMILES string of the molecule is CCCCOC(=O)CC1C(=O)NCCN1C(=O)CNc1c(C)cccc1C. The molecule has 7 heteroatoms. The summed E-state index contributed by atoms with van der Waals surface area (Å²) in [6.07, 6.45) is 1.58. The lowest BCUT2D eigenvalue weighted by Crippen LogP contribution is -2.58. The van der Waals surface area contributed by atoms with E-state index in [0.29, 0.717) is 19.7 Å². The van der Waals surface area contributed by atoms with Crippen LogP contribution in [0.25, 0.3) is 0 Å². The van der Waals surface area contributed by atoms with Crippen LogP contribution in [0.3, 0.4) is 0 Å². The number of rotatable bonds is 8. The van der Waals surface area contributed by atoms with Gasteiger partial charge in [0.25, 0.3) is 0 Å². The van der Waals surface area contributed by atoms with Gasteiger partial charge in [0.2, 0.25) is 11.8 Å². The Morgan fingerprint density at radius 1 is 1.30 bits per heavy atom. The number of piperazine rings is 1. The van der Waals surface area contributed by atoms with Crippen molar-refractivity contribution >= 4 is 23.5 Å². The molecule has 0 saturated carbocycles. The van der Waals surface area contributed by atoms with Crippen LogP contribution in [0.5, 0.6) is 0 Å². The first-order valence-corrected chi connectivity index (χ1v) is 9.47. The van der Waals surface area contributed by atoms with E-state index < -0.39 is 12.0 Å². The van der Waals surface area contributed by atoms with Crippen LogP contribution in [0, 0.1) is 13.8 Å². The number of unbranched alkanes of at least 4 members (excludes halogenated alkanes) is 1. The van der Waals surface area contributed by atoms with E-state index >= 15 is 0 Å². The maximum Gasteiger partial charge on any atom is 0.308 e. The van der Waals surface area contributed by atoms with Crippen molar-refractivity contribution in [3.8, 4) is 0 Å². The number of esters is 1. The van der Waals surface area contributed by atoms with Gasteiger partial charge in [-0.15, -0.1) is 0 Å². The van der Waals surface area contributed by atoms with Crippen LogP contribution in [0.2, 0.25) is 0 Å². The Morgan fingerprint density at radius 3 is 2.67 bits per heavy atom. The van der Waals surface area contributed by atoms with E-state index in [0.717, 1.165) is 29.7 Å². The summed E-state index contributed by atoms with van der Waals surface area (Å²) in [4.78, 5) is 38.4. The van der Waals surface area contributed by atoms with Crippen LogP contribution >= 0.6 is 0 Å². The lowest BCUT2D eigenvalue weighted by molar-refractivity contribution is -0.151. The largest absolute Gasteiger partial charge is 0.466 e. The van der Waals surface area contributed by atoms with Gasteiger partial charge in [-0.3, -0.25) is 14.4 Å². The van der Waals surface area contributed by atoms with Gasteiger partial charge >= 0.3 is 5.97 Å². The molecule has 2 amide bonds. The molecule has 1 aliphatic rings. The van der Waals surface area contributed by atoms with Crippen LogP contribution in [-0.4, -0.2) is 55.0 Å². The summed E-state index contributed by atoms with van der Waals surface area (Å²) in [6.45, 7) is 7.13. The van der Waals surface area contributed by atoms with E-state index in [4.69, 9.17) is 4.74 Å². The number of nitrogens with zero attached hydrogens (tertiary/aromatic N) is 1. The summed E-state index contributed by atoms with van der Waals surface area (Å²) in [5.74, 6) is -0.973. The minimum Gasteiger partial charge on any atom is -0.466 e. The number of carbonyl (C=O) groups is 3. The maximum atomic E-state index is 12.7. The molecule has 1 aromatic carbocycles. The first-order chi connectivity index (χ1) is 12.9. The van der Waals surface area contributed by atoms with Gasteiger partial charge in [-0.2, -0.15) is 0 Å². The highest BCUT2D eigenvalue weighted by Crippen LogP contribution is 2.19. The maximum absolute atomic E-state index is 12.7. The van der Waals surface area contributed by atoms with Gasteiger partial charge in [-0.05, 0) is 31.4 Å². The van der Waals surface area contributed by atoms with Crippen molar-refractivity contribution < 1.29 is 19.1 Å². The molecule has 0 spiro atoms. The van der Waals surface area contributed by atoms with Crippen LogP contribution in [0.4, 0.5) is 5.69 Å². The van der Waals surface area contributed by atoms with E-state index in [-0.39, 0.29) is 24.8 Å². The molecule has 0 aromatic heterocycles. The number of anilines is 1. The topological polar surface area (TPSA) is 87.7 Å². The van der Waals surface area contributed by atoms with Gasteiger partial charge in [0.1, 0.15) is 6.04 Å². The molecule has 0 bridgehead atoms. The fourth-order valence-corrected chi connectivity index (χ4v) is 3.12. The Balaban J connectivity index is 1.99. The fourth-order valence-electron chi connectivity index (χ4n) is 3.12. The van der Waals surface area contributed by atoms with E-state index in [1.165, 1.54) is 4.90 Å². The molecule has 1 aliphatic heterocycles. The normalized spacial score (nSPS) is 16.6. The van der Waals surface area contributed by atoms with Crippen molar-refractivity contribution in [1.29, 1.82) is 0 Å². The Kier molecular flexibility index (Phi) is 7.64. The highest BCUT2D eigenvalue weighted by Gasteiger charge is 2.35. The molecule has 1 saturated heterocycles. The Morgan fingerprint density at radius 2 is 2.00 bits per heavy atom. The van der Waals surface area contributed by atoms with E-state index in [1.807, 2.05) is 39.0 Å². The number of ether oxygens (including phenoxy) is 1. The lowest BCUT2D eigenvalue weighted by Gasteiger charge is -2.34. The zero-order valence-corrected chi connectivity index (χ0v) is 16.3. The number of para-hydroxylation sites is 1. The Labute approximate surface area is 160 Å². The molecule has 1 heterocycles. The van der Waals surface area contributed by atoms with Crippen molar-refractivity contribution in [3.05, 3.63) is 29.3 Å². The second-order valence-corrected chi connectivity index (χ2v) is 6.79. The number of nitrogens with one attached hydrogen (secondary N) is 2. The van der Waals surface area contributed by atoms with E-state index in [9.17, 15) is 14.4 Å². The zero-order valence-electron chi connectivity index (χ0n) is 16.3. The molecule has 1 fully saturated rings. The molecule has 27 heavy (non-hydrogen) atoms. The fraction of sp³-hybridized carbons (Fsp3) is 0.550. The van der Waals surface area contributed by atoms with Crippen molar-refractivity contribution in [2.24, 2.45) is 0 Å². The van der Waals surface area contributed by atoms with Gasteiger partial charge in [0.15, 0.2) is 0 Å². The molecule has 7 nitrogen and oxygen atoms in total. The quantitative estimate of drug-likeness (QED) is 0.534. The van der Waals surface area contributed by atoms with Gasteiger partial charge < -0.3 is 20.3 Å². The highest BCUT2D eigenvalue weighted by atomic mass is 16.5. The molecule has 1 atom stereocenters. The van der Waals surface area contributed by atoms with Gasteiger partial charge in [-0.25, -0.2) is 0 Å². The average molecular weight is 375 g/mol. The van der Waals surface area contributed by atoms with E-state index in [1.54, 1.807) is 0 Å². The van der Waals surface area contributed by atoms with Gasteiger partial charge in [0, 0.05) is 18.8 Å². The van der Waals surface area contributed by atoms with Crippen molar-refractivity contribution in [1.82, 2.24) is 10.2 Å². The third-order valence-electron chi connectivity index (χ3n) is 4.67. The summed E-state index contributed by atoms with van der Waals surface area (Å²) in [5.41, 5.74) is 3.02. The van der Waals surface area contributed by atoms with E-state index in [2.05, 4.69) is 10.6 Å². The molecule has 2 N–H and O–H groups in total. The Bertz CT molecular complexity index is 670. The van der Waals surface area contributed by atoms with Crippen molar-refractivity contribution in [3.63, 3.8) is 0 Å². The summed E-state index contributed by atoms with van der Waals surface area (Å²) in [6, 6.07) is 5.10. The van der Waals surface area contributed by atoms with Crippen LogP contribution in [-0.2, 0) is 19.1 Å². The van der Waals surface area contributed by atoms with Gasteiger partial charge in [-0.1, -0.05) is 31.5 Å². The van der Waals surface area contributed by atoms with Crippen LogP contribution < -0.4 is 10.6 Å². The number of benzene rings is 1. The molecule has 0 radical (unpaired) electrons.